The van der Waals surface area contributed by atoms with Gasteiger partial charge >= 0.3 is 5.97 Å². The molecule has 0 bridgehead atoms. The average Bonchev–Trinajstić information content (AvgIpc) is 2.70. The quantitative estimate of drug-likeness (QED) is 0.753. The lowest BCUT2D eigenvalue weighted by Gasteiger charge is -2.39. The van der Waals surface area contributed by atoms with E-state index in [-0.39, 0.29) is 6.04 Å². The van der Waals surface area contributed by atoms with E-state index in [9.17, 15) is 9.90 Å². The Bertz CT molecular complexity index is 244. The van der Waals surface area contributed by atoms with Crippen LogP contribution >= 0.6 is 0 Å². The summed E-state index contributed by atoms with van der Waals surface area (Å²) in [6.45, 7) is 5.55. The third-order valence-corrected chi connectivity index (χ3v) is 3.79. The molecule has 4 nitrogen and oxygen atoms in total. The maximum absolute atomic E-state index is 11.5. The monoisotopic (exact) mass is 229 g/mol. The van der Waals surface area contributed by atoms with Crippen molar-refractivity contribution >= 4 is 5.97 Å². The zero-order valence-corrected chi connectivity index (χ0v) is 10.5. The van der Waals surface area contributed by atoms with Gasteiger partial charge in [0.25, 0.3) is 0 Å². The lowest BCUT2D eigenvalue weighted by molar-refractivity contribution is -0.152. The second kappa shape index (κ2) is 5.64. The summed E-state index contributed by atoms with van der Waals surface area (Å²) in [4.78, 5) is 13.6. The molecule has 0 aromatic heterocycles. The number of nitrogens with zero attached hydrogens (tertiary/aromatic N) is 1. The molecule has 2 atom stereocenters. The number of hydrogen-bond donors (Lipinski definition) is 1. The molecule has 0 spiro atoms. The number of rotatable bonds is 6. The van der Waals surface area contributed by atoms with Gasteiger partial charge in [-0.05, 0) is 32.2 Å². The number of carboxylic acids is 1. The lowest BCUT2D eigenvalue weighted by atomic mass is 9.91. The molecular formula is C12H23NO3. The van der Waals surface area contributed by atoms with E-state index < -0.39 is 11.5 Å². The van der Waals surface area contributed by atoms with Crippen molar-refractivity contribution < 1.29 is 14.6 Å². The largest absolute Gasteiger partial charge is 0.480 e. The Hall–Kier alpha value is -0.610. The lowest BCUT2D eigenvalue weighted by Crippen LogP contribution is -2.55. The third kappa shape index (κ3) is 2.23. The van der Waals surface area contributed by atoms with E-state index in [1.165, 1.54) is 0 Å². The molecule has 1 heterocycles. The minimum absolute atomic E-state index is 0.226. The molecule has 0 saturated carbocycles. The molecule has 0 aliphatic carbocycles. The van der Waals surface area contributed by atoms with Crippen LogP contribution in [0.2, 0.25) is 0 Å². The summed E-state index contributed by atoms with van der Waals surface area (Å²) in [5.74, 6) is -0.679. The summed E-state index contributed by atoms with van der Waals surface area (Å²) >= 11 is 0. The Labute approximate surface area is 97.6 Å². The van der Waals surface area contributed by atoms with Crippen LogP contribution in [0.1, 0.15) is 39.5 Å². The Kier molecular flexibility index (Phi) is 4.74. The van der Waals surface area contributed by atoms with Crippen LogP contribution in [-0.4, -0.2) is 47.8 Å². The van der Waals surface area contributed by atoms with Crippen molar-refractivity contribution in [2.45, 2.75) is 51.1 Å². The second-order valence-electron chi connectivity index (χ2n) is 4.50. The molecule has 1 saturated heterocycles. The molecular weight excluding hydrogens is 206 g/mol. The molecule has 0 radical (unpaired) electrons. The van der Waals surface area contributed by atoms with Crippen LogP contribution in [0.15, 0.2) is 0 Å². The van der Waals surface area contributed by atoms with Crippen LogP contribution in [0.3, 0.4) is 0 Å². The molecule has 0 aromatic carbocycles. The zero-order chi connectivity index (χ0) is 12.2. The van der Waals surface area contributed by atoms with E-state index in [4.69, 9.17) is 4.74 Å². The van der Waals surface area contributed by atoms with Gasteiger partial charge in [-0.2, -0.15) is 0 Å². The van der Waals surface area contributed by atoms with Gasteiger partial charge in [0, 0.05) is 13.2 Å². The zero-order valence-electron chi connectivity index (χ0n) is 10.5. The summed E-state index contributed by atoms with van der Waals surface area (Å²) in [5, 5.41) is 9.46. The Morgan fingerprint density at radius 2 is 2.25 bits per heavy atom. The number of carbonyl (C=O) groups is 1. The van der Waals surface area contributed by atoms with Gasteiger partial charge in [0.2, 0.25) is 0 Å². The van der Waals surface area contributed by atoms with E-state index >= 15 is 0 Å². The van der Waals surface area contributed by atoms with Crippen molar-refractivity contribution in [1.29, 1.82) is 0 Å². The molecule has 0 aromatic rings. The first-order chi connectivity index (χ1) is 7.62. The van der Waals surface area contributed by atoms with Crippen molar-refractivity contribution in [1.82, 2.24) is 4.90 Å². The Morgan fingerprint density at radius 1 is 1.56 bits per heavy atom. The molecule has 1 rings (SSSR count). The van der Waals surface area contributed by atoms with E-state index in [1.807, 2.05) is 6.92 Å². The van der Waals surface area contributed by atoms with Crippen LogP contribution in [0.5, 0.6) is 0 Å². The predicted octanol–water partition coefficient (Wildman–Crippen LogP) is 1.74. The van der Waals surface area contributed by atoms with Crippen LogP contribution < -0.4 is 0 Å². The van der Waals surface area contributed by atoms with E-state index in [0.29, 0.717) is 13.0 Å². The van der Waals surface area contributed by atoms with Crippen LogP contribution in [0.25, 0.3) is 0 Å². The van der Waals surface area contributed by atoms with Crippen molar-refractivity contribution in [2.75, 3.05) is 20.3 Å². The average molecular weight is 229 g/mol. The molecule has 1 fully saturated rings. The molecule has 94 valence electrons. The summed E-state index contributed by atoms with van der Waals surface area (Å²) in [7, 11) is 1.67. The van der Waals surface area contributed by atoms with Gasteiger partial charge in [-0.15, -0.1) is 0 Å². The highest BCUT2D eigenvalue weighted by Gasteiger charge is 2.48. The predicted molar refractivity (Wildman–Crippen MR) is 62.6 cm³/mol. The fourth-order valence-electron chi connectivity index (χ4n) is 2.81. The minimum Gasteiger partial charge on any atom is -0.480 e. The molecule has 1 aliphatic heterocycles. The van der Waals surface area contributed by atoms with Crippen LogP contribution in [0, 0.1) is 0 Å². The normalized spacial score (nSPS) is 28.2. The smallest absolute Gasteiger partial charge is 0.324 e. The van der Waals surface area contributed by atoms with Crippen molar-refractivity contribution in [3.8, 4) is 0 Å². The maximum Gasteiger partial charge on any atom is 0.324 e. The Balaban J connectivity index is 2.87. The fourth-order valence-corrected chi connectivity index (χ4v) is 2.81. The molecule has 16 heavy (non-hydrogen) atoms. The Morgan fingerprint density at radius 3 is 2.69 bits per heavy atom. The summed E-state index contributed by atoms with van der Waals surface area (Å²) in [5.41, 5.74) is -0.654. The van der Waals surface area contributed by atoms with E-state index in [2.05, 4.69) is 11.8 Å². The van der Waals surface area contributed by atoms with Crippen molar-refractivity contribution in [3.63, 3.8) is 0 Å². The van der Waals surface area contributed by atoms with Gasteiger partial charge in [0.15, 0.2) is 0 Å². The standard InChI is InChI=1S/C12H23NO3/c1-4-10(9-16-3)13-8-6-7-12(13,5-2)11(14)15/h10H,4-9H2,1-3H3,(H,14,15). The molecule has 4 heteroatoms. The molecule has 2 unspecified atom stereocenters. The first-order valence-electron chi connectivity index (χ1n) is 6.11. The van der Waals surface area contributed by atoms with E-state index in [0.717, 1.165) is 25.8 Å². The third-order valence-electron chi connectivity index (χ3n) is 3.79. The van der Waals surface area contributed by atoms with Gasteiger partial charge in [-0.3, -0.25) is 9.69 Å². The highest BCUT2D eigenvalue weighted by atomic mass is 16.5. The molecule has 0 amide bonds. The van der Waals surface area contributed by atoms with E-state index in [1.54, 1.807) is 7.11 Å². The highest BCUT2D eigenvalue weighted by molar-refractivity contribution is 5.79. The van der Waals surface area contributed by atoms with Crippen LogP contribution in [-0.2, 0) is 9.53 Å². The molecule has 1 N–H and O–H groups in total. The summed E-state index contributed by atoms with van der Waals surface area (Å²) < 4.78 is 5.19. The number of carboxylic acid groups (broad SMARTS) is 1. The summed E-state index contributed by atoms with van der Waals surface area (Å²) in [6, 6.07) is 0.226. The van der Waals surface area contributed by atoms with Gasteiger partial charge in [-0.25, -0.2) is 0 Å². The SMILES string of the molecule is CCC(COC)N1CCCC1(CC)C(=O)O. The maximum atomic E-state index is 11.5. The number of ether oxygens (including phenoxy) is 1. The van der Waals surface area contributed by atoms with Crippen molar-refractivity contribution in [3.05, 3.63) is 0 Å². The summed E-state index contributed by atoms with van der Waals surface area (Å²) in [6.07, 6.45) is 3.34. The first kappa shape index (κ1) is 13.5. The van der Waals surface area contributed by atoms with Gasteiger partial charge in [0.1, 0.15) is 5.54 Å². The molecule has 1 aliphatic rings. The fraction of sp³-hybridized carbons (Fsp3) is 0.917. The van der Waals surface area contributed by atoms with Crippen LogP contribution in [0.4, 0.5) is 0 Å². The number of aliphatic carboxylic acids is 1. The van der Waals surface area contributed by atoms with Gasteiger partial charge in [0.05, 0.1) is 6.61 Å². The second-order valence-corrected chi connectivity index (χ2v) is 4.50. The highest BCUT2D eigenvalue weighted by Crippen LogP contribution is 2.35. The van der Waals surface area contributed by atoms with Crippen molar-refractivity contribution in [2.24, 2.45) is 0 Å². The number of hydrogen-bond acceptors (Lipinski definition) is 3. The first-order valence-corrected chi connectivity index (χ1v) is 6.11. The number of likely N-dealkylation sites (tertiary alicyclic amines) is 1. The van der Waals surface area contributed by atoms with Gasteiger partial charge in [-0.1, -0.05) is 13.8 Å². The minimum atomic E-state index is -0.679. The number of methoxy groups -OCH3 is 1. The topological polar surface area (TPSA) is 49.8 Å². The van der Waals surface area contributed by atoms with Gasteiger partial charge < -0.3 is 9.84 Å².